The maximum Gasteiger partial charge on any atom is 0.294 e. The van der Waals surface area contributed by atoms with Gasteiger partial charge in [0.1, 0.15) is 5.69 Å². The number of anilines is 1. The summed E-state index contributed by atoms with van der Waals surface area (Å²) >= 11 is 0. The van der Waals surface area contributed by atoms with Crippen LogP contribution < -0.4 is 10.6 Å². The number of benzene rings is 2. The van der Waals surface area contributed by atoms with Gasteiger partial charge in [0.25, 0.3) is 17.5 Å². The number of carbonyl (C=O) groups is 2. The summed E-state index contributed by atoms with van der Waals surface area (Å²) < 4.78 is 1.51. The van der Waals surface area contributed by atoms with Gasteiger partial charge in [0, 0.05) is 41.3 Å². The number of nitro groups is 1. The standard InChI is InChI=1S/C20H17N5O4/c26-19(22-16-6-7-16)13-1-4-15(5-2-13)23-20(27)14-3-8-17(18(11-14)25(28)29)24-10-9-21-12-24/h1-5,8-12,16H,6-7H2,(H,22,26)(H,23,27). The SMILES string of the molecule is O=C(Nc1ccc(C(=O)NC2CC2)cc1)c1ccc(-n2ccnc2)c([N+](=O)[O-])c1. The molecule has 2 aromatic carbocycles. The van der Waals surface area contributed by atoms with Gasteiger partial charge in [-0.2, -0.15) is 0 Å². The van der Waals surface area contributed by atoms with Crippen molar-refractivity contribution in [2.45, 2.75) is 18.9 Å². The summed E-state index contributed by atoms with van der Waals surface area (Å²) in [4.78, 5) is 39.3. The van der Waals surface area contributed by atoms with Gasteiger partial charge in [0.05, 0.1) is 11.3 Å². The first-order valence-corrected chi connectivity index (χ1v) is 9.00. The third-order valence-electron chi connectivity index (χ3n) is 4.53. The topological polar surface area (TPSA) is 119 Å². The molecule has 1 aromatic heterocycles. The van der Waals surface area contributed by atoms with Crippen LogP contribution in [0, 0.1) is 10.1 Å². The van der Waals surface area contributed by atoms with E-state index in [4.69, 9.17) is 0 Å². The Labute approximate surface area is 165 Å². The van der Waals surface area contributed by atoms with Gasteiger partial charge in [-0.05, 0) is 49.2 Å². The lowest BCUT2D eigenvalue weighted by Gasteiger charge is -2.09. The second-order valence-electron chi connectivity index (χ2n) is 6.71. The largest absolute Gasteiger partial charge is 0.349 e. The molecule has 1 aliphatic rings. The first-order chi connectivity index (χ1) is 14.0. The monoisotopic (exact) mass is 391 g/mol. The molecule has 1 saturated carbocycles. The Kier molecular flexibility index (Phi) is 4.78. The van der Waals surface area contributed by atoms with Crippen molar-refractivity contribution in [3.8, 4) is 5.69 Å². The van der Waals surface area contributed by atoms with Crippen molar-refractivity contribution in [2.75, 3.05) is 5.32 Å². The number of hydrogen-bond donors (Lipinski definition) is 2. The summed E-state index contributed by atoms with van der Waals surface area (Å²) in [7, 11) is 0. The van der Waals surface area contributed by atoms with E-state index in [1.807, 2.05) is 0 Å². The molecule has 1 heterocycles. The molecule has 0 bridgehead atoms. The Balaban J connectivity index is 1.50. The fourth-order valence-corrected chi connectivity index (χ4v) is 2.84. The molecule has 0 radical (unpaired) electrons. The summed E-state index contributed by atoms with van der Waals surface area (Å²) in [5, 5.41) is 17.0. The van der Waals surface area contributed by atoms with Gasteiger partial charge in [0.15, 0.2) is 0 Å². The number of hydrogen-bond acceptors (Lipinski definition) is 5. The van der Waals surface area contributed by atoms with Crippen molar-refractivity contribution in [1.82, 2.24) is 14.9 Å². The fourth-order valence-electron chi connectivity index (χ4n) is 2.84. The summed E-state index contributed by atoms with van der Waals surface area (Å²) in [6, 6.07) is 11.0. The van der Waals surface area contributed by atoms with E-state index in [1.54, 1.807) is 30.5 Å². The number of nitrogens with zero attached hydrogens (tertiary/aromatic N) is 3. The molecular weight excluding hydrogens is 374 g/mol. The summed E-state index contributed by atoms with van der Waals surface area (Å²) in [5.74, 6) is -0.628. The van der Waals surface area contributed by atoms with Crippen LogP contribution in [0.3, 0.4) is 0 Å². The smallest absolute Gasteiger partial charge is 0.294 e. The van der Waals surface area contributed by atoms with Gasteiger partial charge in [0.2, 0.25) is 0 Å². The number of nitrogens with one attached hydrogen (secondary N) is 2. The minimum absolute atomic E-state index is 0.143. The van der Waals surface area contributed by atoms with Crippen LogP contribution in [0.15, 0.2) is 61.2 Å². The highest BCUT2D eigenvalue weighted by molar-refractivity contribution is 6.05. The number of rotatable bonds is 6. The van der Waals surface area contributed by atoms with E-state index in [0.717, 1.165) is 12.8 Å². The lowest BCUT2D eigenvalue weighted by molar-refractivity contribution is -0.384. The Hall–Kier alpha value is -4.01. The van der Waals surface area contributed by atoms with Crippen LogP contribution in [0.25, 0.3) is 5.69 Å². The third-order valence-corrected chi connectivity index (χ3v) is 4.53. The number of imidazole rings is 1. The van der Waals surface area contributed by atoms with Gasteiger partial charge in [-0.15, -0.1) is 0 Å². The highest BCUT2D eigenvalue weighted by Crippen LogP contribution is 2.25. The fraction of sp³-hybridized carbons (Fsp3) is 0.150. The maximum atomic E-state index is 12.5. The maximum absolute atomic E-state index is 12.5. The molecule has 0 spiro atoms. The van der Waals surface area contributed by atoms with Gasteiger partial charge in [-0.25, -0.2) is 4.98 Å². The van der Waals surface area contributed by atoms with Crippen LogP contribution in [0.4, 0.5) is 11.4 Å². The molecule has 3 aromatic rings. The minimum Gasteiger partial charge on any atom is -0.349 e. The molecule has 0 unspecified atom stereocenters. The van der Waals surface area contributed by atoms with Crippen LogP contribution in [0.5, 0.6) is 0 Å². The molecule has 146 valence electrons. The molecule has 9 nitrogen and oxygen atoms in total. The van der Waals surface area contributed by atoms with Crippen LogP contribution in [0.1, 0.15) is 33.6 Å². The first kappa shape index (κ1) is 18.4. The number of amides is 2. The Morgan fingerprint density at radius 3 is 2.41 bits per heavy atom. The van der Waals surface area contributed by atoms with E-state index >= 15 is 0 Å². The normalized spacial score (nSPS) is 13.0. The second-order valence-corrected chi connectivity index (χ2v) is 6.71. The predicted molar refractivity (Wildman–Crippen MR) is 105 cm³/mol. The van der Waals surface area contributed by atoms with Crippen molar-refractivity contribution in [1.29, 1.82) is 0 Å². The van der Waals surface area contributed by atoms with E-state index < -0.39 is 10.8 Å². The Morgan fingerprint density at radius 1 is 1.07 bits per heavy atom. The van der Waals surface area contributed by atoms with Crippen molar-refractivity contribution in [3.05, 3.63) is 82.4 Å². The number of carbonyl (C=O) groups excluding carboxylic acids is 2. The number of aromatic nitrogens is 2. The predicted octanol–water partition coefficient (Wildman–Crippen LogP) is 2.93. The van der Waals surface area contributed by atoms with Crippen LogP contribution >= 0.6 is 0 Å². The molecule has 1 aliphatic carbocycles. The molecule has 29 heavy (non-hydrogen) atoms. The zero-order valence-corrected chi connectivity index (χ0v) is 15.2. The van der Waals surface area contributed by atoms with Gasteiger partial charge in [-0.3, -0.25) is 19.7 Å². The van der Waals surface area contributed by atoms with Crippen LogP contribution in [-0.2, 0) is 0 Å². The summed E-state index contributed by atoms with van der Waals surface area (Å²) in [5.41, 5.74) is 1.25. The Morgan fingerprint density at radius 2 is 1.79 bits per heavy atom. The Bertz CT molecular complexity index is 1070. The lowest BCUT2D eigenvalue weighted by atomic mass is 10.1. The van der Waals surface area contributed by atoms with E-state index in [2.05, 4.69) is 15.6 Å². The highest BCUT2D eigenvalue weighted by Gasteiger charge is 2.24. The molecule has 4 rings (SSSR count). The molecule has 1 fully saturated rings. The average Bonchev–Trinajstić information content (AvgIpc) is 3.36. The molecule has 0 atom stereocenters. The molecular formula is C20H17N5O4. The van der Waals surface area contributed by atoms with E-state index in [-0.39, 0.29) is 23.2 Å². The van der Waals surface area contributed by atoms with E-state index in [1.165, 1.54) is 35.3 Å². The molecule has 9 heteroatoms. The number of nitro benzene ring substituents is 1. The van der Waals surface area contributed by atoms with Crippen LogP contribution in [-0.4, -0.2) is 32.3 Å². The van der Waals surface area contributed by atoms with Crippen LogP contribution in [0.2, 0.25) is 0 Å². The van der Waals surface area contributed by atoms with Crippen molar-refractivity contribution < 1.29 is 14.5 Å². The molecule has 0 aliphatic heterocycles. The van der Waals surface area contributed by atoms with E-state index in [9.17, 15) is 19.7 Å². The summed E-state index contributed by atoms with van der Waals surface area (Å²) in [6.07, 6.45) is 6.56. The van der Waals surface area contributed by atoms with E-state index in [0.29, 0.717) is 16.9 Å². The average molecular weight is 391 g/mol. The molecule has 2 N–H and O–H groups in total. The highest BCUT2D eigenvalue weighted by atomic mass is 16.6. The summed E-state index contributed by atoms with van der Waals surface area (Å²) in [6.45, 7) is 0. The zero-order chi connectivity index (χ0) is 20.4. The van der Waals surface area contributed by atoms with Crippen molar-refractivity contribution >= 4 is 23.2 Å². The molecule has 2 amide bonds. The third kappa shape index (κ3) is 4.13. The van der Waals surface area contributed by atoms with Gasteiger partial charge in [-0.1, -0.05) is 0 Å². The minimum atomic E-state index is -0.542. The van der Waals surface area contributed by atoms with Crippen molar-refractivity contribution in [2.24, 2.45) is 0 Å². The van der Waals surface area contributed by atoms with Gasteiger partial charge >= 0.3 is 0 Å². The lowest BCUT2D eigenvalue weighted by Crippen LogP contribution is -2.25. The van der Waals surface area contributed by atoms with Gasteiger partial charge < -0.3 is 15.2 Å². The first-order valence-electron chi connectivity index (χ1n) is 9.00. The second kappa shape index (κ2) is 7.55. The zero-order valence-electron chi connectivity index (χ0n) is 15.2. The molecule has 0 saturated heterocycles. The van der Waals surface area contributed by atoms with Crippen molar-refractivity contribution in [3.63, 3.8) is 0 Å². The quantitative estimate of drug-likeness (QED) is 0.495.